The van der Waals surface area contributed by atoms with Crippen molar-refractivity contribution in [2.75, 3.05) is 31.5 Å². The zero-order chi connectivity index (χ0) is 25.9. The maximum absolute atomic E-state index is 13.4. The quantitative estimate of drug-likeness (QED) is 0.353. The monoisotopic (exact) mass is 569 g/mol. The van der Waals surface area contributed by atoms with Crippen LogP contribution in [0, 0.1) is 10.1 Å². The SMILES string of the molecule is O=C(Cn1nnc2ccccc21)N1CCC[C@@H](Nc2c(C(=O)N3CCCCC3)cc(Br)cc2[N+](=O)[O-])C1. The molecule has 3 heterocycles. The molecule has 5 rings (SSSR count). The molecule has 0 saturated carbocycles. The number of amides is 2. The van der Waals surface area contributed by atoms with Crippen molar-refractivity contribution in [2.45, 2.75) is 44.7 Å². The van der Waals surface area contributed by atoms with Crippen LogP contribution in [0.3, 0.4) is 0 Å². The van der Waals surface area contributed by atoms with Gasteiger partial charge in [-0.1, -0.05) is 33.3 Å². The number of halogens is 1. The van der Waals surface area contributed by atoms with Gasteiger partial charge in [0.25, 0.3) is 11.6 Å². The Morgan fingerprint density at radius 3 is 2.62 bits per heavy atom. The Kier molecular flexibility index (Phi) is 7.36. The Morgan fingerprint density at radius 1 is 1.08 bits per heavy atom. The second-order valence-corrected chi connectivity index (χ2v) is 10.4. The molecule has 0 bridgehead atoms. The van der Waals surface area contributed by atoms with E-state index in [9.17, 15) is 19.7 Å². The largest absolute Gasteiger partial charge is 0.374 e. The number of rotatable bonds is 6. The fourth-order valence-corrected chi connectivity index (χ4v) is 5.56. The minimum Gasteiger partial charge on any atom is -0.374 e. The molecular weight excluding hydrogens is 542 g/mol. The molecule has 0 aliphatic carbocycles. The molecule has 2 aromatic carbocycles. The van der Waals surface area contributed by atoms with E-state index in [4.69, 9.17) is 0 Å². The van der Waals surface area contributed by atoms with Crippen molar-refractivity contribution in [3.63, 3.8) is 0 Å². The van der Waals surface area contributed by atoms with Crippen LogP contribution in [0.1, 0.15) is 42.5 Å². The van der Waals surface area contributed by atoms with Crippen molar-refractivity contribution in [2.24, 2.45) is 0 Å². The number of hydrogen-bond acceptors (Lipinski definition) is 7. The summed E-state index contributed by atoms with van der Waals surface area (Å²) in [7, 11) is 0. The molecule has 0 radical (unpaired) electrons. The molecule has 3 aromatic rings. The number of anilines is 1. The van der Waals surface area contributed by atoms with Crippen molar-refractivity contribution >= 4 is 50.2 Å². The standard InChI is InChI=1S/C25H28BrN7O4/c26-17-13-19(25(35)30-10-4-1-5-11-30)24(22(14-17)33(36)37)27-18-7-6-12-31(15-18)23(34)16-32-21-9-3-2-8-20(21)28-29-32/h2-3,8-9,13-14,18,27H,1,4-7,10-12,15-16H2/t18-/m1/s1. The van der Waals surface area contributed by atoms with Crippen LogP contribution >= 0.6 is 15.9 Å². The summed E-state index contributed by atoms with van der Waals surface area (Å²) < 4.78 is 2.06. The maximum atomic E-state index is 13.4. The van der Waals surface area contributed by atoms with Crippen LogP contribution in [0.4, 0.5) is 11.4 Å². The van der Waals surface area contributed by atoms with Gasteiger partial charge in [0.05, 0.1) is 16.0 Å². The van der Waals surface area contributed by atoms with Crippen molar-refractivity contribution in [3.05, 3.63) is 56.5 Å². The number of benzene rings is 2. The first kappa shape index (κ1) is 25.1. The lowest BCUT2D eigenvalue weighted by Gasteiger charge is -2.34. The van der Waals surface area contributed by atoms with E-state index < -0.39 is 4.92 Å². The molecule has 0 spiro atoms. The molecule has 2 saturated heterocycles. The number of likely N-dealkylation sites (tertiary alicyclic amines) is 2. The Bertz CT molecular complexity index is 1340. The second kappa shape index (κ2) is 10.8. The van der Waals surface area contributed by atoms with Gasteiger partial charge in [0.1, 0.15) is 17.7 Å². The summed E-state index contributed by atoms with van der Waals surface area (Å²) in [6, 6.07) is 10.3. The van der Waals surface area contributed by atoms with Crippen LogP contribution in [-0.2, 0) is 11.3 Å². The van der Waals surface area contributed by atoms with E-state index in [1.54, 1.807) is 20.5 Å². The molecule has 37 heavy (non-hydrogen) atoms. The number of carbonyl (C=O) groups excluding carboxylic acids is 2. The Balaban J connectivity index is 1.35. The van der Waals surface area contributed by atoms with Gasteiger partial charge in [-0.25, -0.2) is 4.68 Å². The summed E-state index contributed by atoms with van der Waals surface area (Å²) in [5, 5.41) is 23.5. The van der Waals surface area contributed by atoms with Gasteiger partial charge in [-0.15, -0.1) is 5.10 Å². The molecule has 12 heteroatoms. The third-order valence-corrected chi connectivity index (χ3v) is 7.44. The molecule has 2 aliphatic rings. The van der Waals surface area contributed by atoms with Crippen molar-refractivity contribution in [3.8, 4) is 0 Å². The van der Waals surface area contributed by atoms with Gasteiger partial charge in [0.15, 0.2) is 0 Å². The zero-order valence-electron chi connectivity index (χ0n) is 20.3. The number of nitro groups is 1. The lowest BCUT2D eigenvalue weighted by atomic mass is 10.0. The molecule has 0 unspecified atom stereocenters. The number of carbonyl (C=O) groups is 2. The minimum atomic E-state index is -0.471. The number of nitrogens with zero attached hydrogens (tertiary/aromatic N) is 6. The summed E-state index contributed by atoms with van der Waals surface area (Å²) in [5.41, 5.74) is 1.84. The van der Waals surface area contributed by atoms with Gasteiger partial charge < -0.3 is 15.1 Å². The predicted molar refractivity (Wildman–Crippen MR) is 141 cm³/mol. The fraction of sp³-hybridized carbons (Fsp3) is 0.440. The molecule has 11 nitrogen and oxygen atoms in total. The Labute approximate surface area is 222 Å². The predicted octanol–water partition coefficient (Wildman–Crippen LogP) is 3.83. The van der Waals surface area contributed by atoms with Crippen LogP contribution in [0.15, 0.2) is 40.9 Å². The molecule has 1 N–H and O–H groups in total. The highest BCUT2D eigenvalue weighted by molar-refractivity contribution is 9.10. The number of hydrogen-bond donors (Lipinski definition) is 1. The van der Waals surface area contributed by atoms with Crippen molar-refractivity contribution < 1.29 is 14.5 Å². The van der Waals surface area contributed by atoms with Crippen LogP contribution in [0.2, 0.25) is 0 Å². The van der Waals surface area contributed by atoms with Gasteiger partial charge >= 0.3 is 0 Å². The normalized spacial score (nSPS) is 18.1. The molecule has 194 valence electrons. The van der Waals surface area contributed by atoms with Crippen LogP contribution in [-0.4, -0.2) is 73.8 Å². The van der Waals surface area contributed by atoms with Crippen LogP contribution in [0.25, 0.3) is 11.0 Å². The van der Waals surface area contributed by atoms with Gasteiger partial charge in [0, 0.05) is 42.8 Å². The van der Waals surface area contributed by atoms with Crippen LogP contribution < -0.4 is 5.32 Å². The van der Waals surface area contributed by atoms with E-state index in [1.807, 2.05) is 24.3 Å². The first-order valence-electron chi connectivity index (χ1n) is 12.5. The third-order valence-electron chi connectivity index (χ3n) is 6.98. The van der Waals surface area contributed by atoms with E-state index >= 15 is 0 Å². The summed E-state index contributed by atoms with van der Waals surface area (Å²) >= 11 is 3.34. The van der Waals surface area contributed by atoms with E-state index in [1.165, 1.54) is 6.07 Å². The average molecular weight is 570 g/mol. The number of nitro benzene ring substituents is 1. The molecule has 2 aliphatic heterocycles. The fourth-order valence-electron chi connectivity index (χ4n) is 5.11. The summed E-state index contributed by atoms with van der Waals surface area (Å²) in [6.45, 7) is 2.30. The van der Waals surface area contributed by atoms with Gasteiger partial charge in [0.2, 0.25) is 5.91 Å². The number of fused-ring (bicyclic) bond motifs is 1. The molecule has 1 atom stereocenters. The number of piperidine rings is 2. The number of para-hydroxylation sites is 1. The van der Waals surface area contributed by atoms with Crippen molar-refractivity contribution in [1.82, 2.24) is 24.8 Å². The van der Waals surface area contributed by atoms with E-state index in [-0.39, 0.29) is 41.3 Å². The highest BCUT2D eigenvalue weighted by Crippen LogP contribution is 2.35. The first-order chi connectivity index (χ1) is 17.9. The third kappa shape index (κ3) is 5.43. The summed E-state index contributed by atoms with van der Waals surface area (Å²) in [5.74, 6) is -0.314. The van der Waals surface area contributed by atoms with Gasteiger partial charge in [-0.05, 0) is 50.3 Å². The van der Waals surface area contributed by atoms with E-state index in [2.05, 4.69) is 31.6 Å². The Morgan fingerprint density at radius 2 is 1.84 bits per heavy atom. The lowest BCUT2D eigenvalue weighted by molar-refractivity contribution is -0.384. The smallest absolute Gasteiger partial charge is 0.294 e. The van der Waals surface area contributed by atoms with Gasteiger partial charge in [-0.3, -0.25) is 19.7 Å². The maximum Gasteiger partial charge on any atom is 0.294 e. The van der Waals surface area contributed by atoms with Crippen molar-refractivity contribution in [1.29, 1.82) is 0 Å². The second-order valence-electron chi connectivity index (χ2n) is 9.52. The molecule has 1 aromatic heterocycles. The van der Waals surface area contributed by atoms with E-state index in [0.717, 1.165) is 43.1 Å². The zero-order valence-corrected chi connectivity index (χ0v) is 21.9. The summed E-state index contributed by atoms with van der Waals surface area (Å²) in [6.07, 6.45) is 4.38. The van der Waals surface area contributed by atoms with E-state index in [0.29, 0.717) is 30.7 Å². The number of aromatic nitrogens is 3. The molecule has 2 amide bonds. The van der Waals surface area contributed by atoms with Crippen LogP contribution in [0.5, 0.6) is 0 Å². The summed E-state index contributed by atoms with van der Waals surface area (Å²) in [4.78, 5) is 41.6. The highest BCUT2D eigenvalue weighted by atomic mass is 79.9. The first-order valence-corrected chi connectivity index (χ1v) is 13.3. The van der Waals surface area contributed by atoms with Gasteiger partial charge in [-0.2, -0.15) is 0 Å². The topological polar surface area (TPSA) is 126 Å². The number of nitrogens with one attached hydrogen (secondary N) is 1. The lowest BCUT2D eigenvalue weighted by Crippen LogP contribution is -2.46. The Hall–Kier alpha value is -3.54. The molecule has 2 fully saturated rings. The minimum absolute atomic E-state index is 0.0599. The molecular formula is C25H28BrN7O4. The highest BCUT2D eigenvalue weighted by Gasteiger charge is 2.31. The average Bonchev–Trinajstić information content (AvgIpc) is 3.32.